The number of benzene rings is 3. The standard InChI is InChI=1S/C31H25N5O3S/c37-26(22-9-5-2-6-10-22)18-33-23-11-12-25-24(17-23)34-31(36(25)16-15-21-7-3-1-4-8-21)35-30(38)29-14-13-28(40-29)27-19-32-20-39-27/h1-14,17,19-20,33H,15-16,18H2,(H,34,35,38). The van der Waals surface area contributed by atoms with E-state index in [1.54, 1.807) is 24.4 Å². The molecule has 9 heteroatoms. The molecule has 0 aliphatic heterocycles. The molecular weight excluding hydrogens is 522 g/mol. The van der Waals surface area contributed by atoms with Crippen molar-refractivity contribution in [3.05, 3.63) is 120 Å². The van der Waals surface area contributed by atoms with Crippen LogP contribution in [0.4, 0.5) is 11.6 Å². The Kier molecular flexibility index (Phi) is 7.19. The summed E-state index contributed by atoms with van der Waals surface area (Å²) in [5.74, 6) is 0.828. The van der Waals surface area contributed by atoms with Crippen molar-refractivity contribution >= 4 is 45.7 Å². The number of anilines is 2. The summed E-state index contributed by atoms with van der Waals surface area (Å²) in [7, 11) is 0. The highest BCUT2D eigenvalue weighted by atomic mass is 32.1. The van der Waals surface area contributed by atoms with Crippen LogP contribution in [0, 0.1) is 0 Å². The first kappa shape index (κ1) is 25.3. The number of imidazole rings is 1. The van der Waals surface area contributed by atoms with Gasteiger partial charge >= 0.3 is 0 Å². The maximum atomic E-state index is 13.2. The first-order valence-corrected chi connectivity index (χ1v) is 13.6. The van der Waals surface area contributed by atoms with Gasteiger partial charge in [-0.15, -0.1) is 11.3 Å². The van der Waals surface area contributed by atoms with E-state index in [0.717, 1.165) is 22.5 Å². The molecule has 40 heavy (non-hydrogen) atoms. The van der Waals surface area contributed by atoms with Crippen molar-refractivity contribution in [2.24, 2.45) is 0 Å². The summed E-state index contributed by atoms with van der Waals surface area (Å²) in [6.07, 6.45) is 3.76. The summed E-state index contributed by atoms with van der Waals surface area (Å²) >= 11 is 1.33. The largest absolute Gasteiger partial charge is 0.443 e. The maximum absolute atomic E-state index is 13.2. The molecule has 0 atom stereocenters. The van der Waals surface area contributed by atoms with Gasteiger partial charge in [0.15, 0.2) is 17.9 Å². The summed E-state index contributed by atoms with van der Waals surface area (Å²) < 4.78 is 7.38. The Balaban J connectivity index is 1.25. The van der Waals surface area contributed by atoms with E-state index in [2.05, 4.69) is 27.8 Å². The number of carbonyl (C=O) groups is 2. The summed E-state index contributed by atoms with van der Waals surface area (Å²) in [4.78, 5) is 35.9. The third kappa shape index (κ3) is 5.55. The molecule has 0 fully saturated rings. The lowest BCUT2D eigenvalue weighted by atomic mass is 10.1. The number of nitrogens with one attached hydrogen (secondary N) is 2. The number of thiophene rings is 1. The highest BCUT2D eigenvalue weighted by molar-refractivity contribution is 7.17. The molecule has 0 spiro atoms. The van der Waals surface area contributed by atoms with Crippen LogP contribution in [0.5, 0.6) is 0 Å². The minimum atomic E-state index is -0.251. The van der Waals surface area contributed by atoms with Crippen molar-refractivity contribution in [2.75, 3.05) is 17.2 Å². The fourth-order valence-corrected chi connectivity index (χ4v) is 5.30. The van der Waals surface area contributed by atoms with E-state index >= 15 is 0 Å². The van der Waals surface area contributed by atoms with Gasteiger partial charge in [0.05, 0.1) is 33.5 Å². The zero-order valence-corrected chi connectivity index (χ0v) is 22.2. The van der Waals surface area contributed by atoms with Crippen LogP contribution >= 0.6 is 11.3 Å². The molecule has 6 rings (SSSR count). The second kappa shape index (κ2) is 11.4. The first-order chi connectivity index (χ1) is 19.6. The molecular formula is C31H25N5O3S. The lowest BCUT2D eigenvalue weighted by Gasteiger charge is -2.10. The quantitative estimate of drug-likeness (QED) is 0.189. The fraction of sp³-hybridized carbons (Fsp3) is 0.0968. The Hall–Kier alpha value is -5.02. The van der Waals surface area contributed by atoms with Crippen LogP contribution in [0.15, 0.2) is 108 Å². The number of hydrogen-bond acceptors (Lipinski definition) is 7. The molecule has 0 bridgehead atoms. The van der Waals surface area contributed by atoms with E-state index in [1.807, 2.05) is 65.2 Å². The van der Waals surface area contributed by atoms with Gasteiger partial charge in [-0.3, -0.25) is 14.9 Å². The lowest BCUT2D eigenvalue weighted by molar-refractivity contribution is 0.100. The van der Waals surface area contributed by atoms with Gasteiger partial charge < -0.3 is 14.3 Å². The van der Waals surface area contributed by atoms with Crippen molar-refractivity contribution in [1.82, 2.24) is 14.5 Å². The molecule has 198 valence electrons. The Bertz CT molecular complexity index is 1760. The fourth-order valence-electron chi connectivity index (χ4n) is 4.45. The number of amides is 1. The van der Waals surface area contributed by atoms with Gasteiger partial charge in [0, 0.05) is 17.8 Å². The third-order valence-corrected chi connectivity index (χ3v) is 7.59. The second-order valence-corrected chi connectivity index (χ2v) is 10.2. The van der Waals surface area contributed by atoms with Crippen molar-refractivity contribution in [1.29, 1.82) is 0 Å². The Labute approximate surface area is 234 Å². The molecule has 0 unspecified atom stereocenters. The predicted octanol–water partition coefficient (Wildman–Crippen LogP) is 6.54. The average Bonchev–Trinajstić information content (AvgIpc) is 3.76. The van der Waals surface area contributed by atoms with Crippen LogP contribution < -0.4 is 10.6 Å². The summed E-state index contributed by atoms with van der Waals surface area (Å²) in [5, 5.41) is 6.21. The number of oxazole rings is 1. The molecule has 1 amide bonds. The Morgan fingerprint density at radius 2 is 1.73 bits per heavy atom. The van der Waals surface area contributed by atoms with E-state index in [0.29, 0.717) is 34.2 Å². The van der Waals surface area contributed by atoms with Gasteiger partial charge in [-0.2, -0.15) is 0 Å². The molecule has 0 saturated heterocycles. The van der Waals surface area contributed by atoms with Crippen LogP contribution in [0.3, 0.4) is 0 Å². The van der Waals surface area contributed by atoms with Gasteiger partial charge in [-0.1, -0.05) is 60.7 Å². The normalized spacial score (nSPS) is 11.0. The molecule has 8 nitrogen and oxygen atoms in total. The van der Waals surface area contributed by atoms with Crippen molar-refractivity contribution in [2.45, 2.75) is 13.0 Å². The zero-order valence-electron chi connectivity index (χ0n) is 21.4. The molecule has 3 aromatic carbocycles. The number of Topliss-reactive ketones (excluding diaryl/α,β-unsaturated/α-hetero) is 1. The van der Waals surface area contributed by atoms with Crippen molar-refractivity contribution in [3.63, 3.8) is 0 Å². The minimum Gasteiger partial charge on any atom is -0.443 e. The number of aryl methyl sites for hydroxylation is 2. The topological polar surface area (TPSA) is 102 Å². The summed E-state index contributed by atoms with van der Waals surface area (Å²) in [5.41, 5.74) is 4.23. The average molecular weight is 548 g/mol. The van der Waals surface area contributed by atoms with Gasteiger partial charge in [-0.05, 0) is 42.3 Å². The van der Waals surface area contributed by atoms with Gasteiger partial charge in [0.1, 0.15) is 0 Å². The van der Waals surface area contributed by atoms with Crippen LogP contribution in [0.25, 0.3) is 21.7 Å². The van der Waals surface area contributed by atoms with Crippen LogP contribution in [-0.4, -0.2) is 32.8 Å². The number of ketones is 1. The highest BCUT2D eigenvalue weighted by Gasteiger charge is 2.18. The third-order valence-electron chi connectivity index (χ3n) is 6.49. The monoisotopic (exact) mass is 547 g/mol. The zero-order chi connectivity index (χ0) is 27.3. The van der Waals surface area contributed by atoms with E-state index in [4.69, 9.17) is 9.40 Å². The molecule has 0 aliphatic rings. The van der Waals surface area contributed by atoms with E-state index in [-0.39, 0.29) is 18.2 Å². The van der Waals surface area contributed by atoms with Crippen LogP contribution in [-0.2, 0) is 13.0 Å². The van der Waals surface area contributed by atoms with Gasteiger partial charge in [-0.25, -0.2) is 9.97 Å². The van der Waals surface area contributed by atoms with E-state index in [1.165, 1.54) is 23.3 Å². The minimum absolute atomic E-state index is 0.00249. The maximum Gasteiger partial charge on any atom is 0.268 e. The first-order valence-electron chi connectivity index (χ1n) is 12.8. The number of nitrogens with zero attached hydrogens (tertiary/aromatic N) is 3. The summed E-state index contributed by atoms with van der Waals surface area (Å²) in [6.45, 7) is 0.795. The highest BCUT2D eigenvalue weighted by Crippen LogP contribution is 2.29. The van der Waals surface area contributed by atoms with Crippen LogP contribution in [0.2, 0.25) is 0 Å². The molecule has 6 aromatic rings. The SMILES string of the molecule is O=C(CNc1ccc2c(c1)nc(NC(=O)c1ccc(-c3cnco3)s1)n2CCc1ccccc1)c1ccccc1. The van der Waals surface area contributed by atoms with Gasteiger partial charge in [0.2, 0.25) is 5.95 Å². The lowest BCUT2D eigenvalue weighted by Crippen LogP contribution is -2.15. The molecule has 3 aromatic heterocycles. The van der Waals surface area contributed by atoms with Gasteiger partial charge in [0.25, 0.3) is 5.91 Å². The van der Waals surface area contributed by atoms with Crippen molar-refractivity contribution in [3.8, 4) is 10.6 Å². The van der Waals surface area contributed by atoms with Crippen LogP contribution in [0.1, 0.15) is 25.6 Å². The number of hydrogen-bond donors (Lipinski definition) is 2. The smallest absolute Gasteiger partial charge is 0.268 e. The summed E-state index contributed by atoms with van der Waals surface area (Å²) in [6, 6.07) is 28.8. The number of fused-ring (bicyclic) bond motifs is 1. The predicted molar refractivity (Wildman–Crippen MR) is 157 cm³/mol. The molecule has 0 radical (unpaired) electrons. The van der Waals surface area contributed by atoms with E-state index < -0.39 is 0 Å². The molecule has 2 N–H and O–H groups in total. The molecule has 0 aliphatic carbocycles. The number of aromatic nitrogens is 3. The van der Waals surface area contributed by atoms with Crippen molar-refractivity contribution < 1.29 is 14.0 Å². The van der Waals surface area contributed by atoms with E-state index in [9.17, 15) is 9.59 Å². The second-order valence-electron chi connectivity index (χ2n) is 9.15. The molecule has 3 heterocycles. The molecule has 0 saturated carbocycles. The number of rotatable bonds is 10. The Morgan fingerprint density at radius 1 is 0.925 bits per heavy atom. The number of carbonyl (C=O) groups excluding carboxylic acids is 2. The Morgan fingerprint density at radius 3 is 2.50 bits per heavy atom.